The first-order valence-corrected chi connectivity index (χ1v) is 6.16. The molecule has 0 aliphatic heterocycles. The largest absolute Gasteiger partial charge is 0.123 e. The van der Waals surface area contributed by atoms with Crippen LogP contribution >= 0.6 is 11.8 Å². The zero-order valence-corrected chi connectivity index (χ0v) is 10.6. The molecule has 0 bridgehead atoms. The summed E-state index contributed by atoms with van der Waals surface area (Å²) in [7, 11) is 0. The second-order valence-corrected chi connectivity index (χ2v) is 5.96. The summed E-state index contributed by atoms with van der Waals surface area (Å²) in [5.41, 5.74) is 2.84. The Morgan fingerprint density at radius 1 is 1.07 bits per heavy atom. The van der Waals surface area contributed by atoms with Gasteiger partial charge in [0.1, 0.15) is 0 Å². The monoisotopic (exact) mass is 208 g/mol. The zero-order chi connectivity index (χ0) is 10.7. The van der Waals surface area contributed by atoms with Gasteiger partial charge in [0, 0.05) is 10.1 Å². The maximum atomic E-state index is 2.34. The molecule has 78 valence electrons. The predicted octanol–water partition coefficient (Wildman–Crippen LogP) is 4.62. The van der Waals surface area contributed by atoms with Crippen LogP contribution in [0.4, 0.5) is 0 Å². The van der Waals surface area contributed by atoms with Gasteiger partial charge in [-0.1, -0.05) is 39.8 Å². The third-order valence-electron chi connectivity index (χ3n) is 2.24. The van der Waals surface area contributed by atoms with E-state index in [0.717, 1.165) is 0 Å². The summed E-state index contributed by atoms with van der Waals surface area (Å²) >= 11 is 1.96. The summed E-state index contributed by atoms with van der Waals surface area (Å²) in [6, 6.07) is 6.81. The molecule has 0 fully saturated rings. The molecule has 0 aromatic heterocycles. The van der Waals surface area contributed by atoms with E-state index in [2.05, 4.69) is 52.8 Å². The molecule has 0 saturated carbocycles. The van der Waals surface area contributed by atoms with Gasteiger partial charge < -0.3 is 0 Å². The number of benzene rings is 1. The van der Waals surface area contributed by atoms with Crippen LogP contribution in [-0.4, -0.2) is 5.25 Å². The van der Waals surface area contributed by atoms with Gasteiger partial charge in [-0.05, 0) is 30.0 Å². The fraction of sp³-hybridized carbons (Fsp3) is 0.538. The number of hydrogen-bond acceptors (Lipinski definition) is 1. The highest BCUT2D eigenvalue weighted by molar-refractivity contribution is 8.00. The lowest BCUT2D eigenvalue weighted by Gasteiger charge is -2.12. The number of rotatable bonds is 3. The fourth-order valence-corrected chi connectivity index (χ4v) is 2.32. The molecule has 0 unspecified atom stereocenters. The SMILES string of the molecule is Cc1ccc(C(C)C)cc1SC(C)C. The minimum absolute atomic E-state index is 0.627. The highest BCUT2D eigenvalue weighted by Crippen LogP contribution is 2.29. The van der Waals surface area contributed by atoms with Crippen molar-refractivity contribution in [2.24, 2.45) is 0 Å². The van der Waals surface area contributed by atoms with Gasteiger partial charge in [-0.2, -0.15) is 0 Å². The molecule has 0 radical (unpaired) electrons. The van der Waals surface area contributed by atoms with Gasteiger partial charge in [-0.15, -0.1) is 11.8 Å². The van der Waals surface area contributed by atoms with Crippen LogP contribution in [0, 0.1) is 6.92 Å². The summed E-state index contributed by atoms with van der Waals surface area (Å²) in [5.74, 6) is 0.627. The molecule has 14 heavy (non-hydrogen) atoms. The second kappa shape index (κ2) is 4.88. The van der Waals surface area contributed by atoms with Gasteiger partial charge >= 0.3 is 0 Å². The van der Waals surface area contributed by atoms with Crippen LogP contribution in [0.3, 0.4) is 0 Å². The Hall–Kier alpha value is -0.430. The maximum Gasteiger partial charge on any atom is 0.0107 e. The van der Waals surface area contributed by atoms with Gasteiger partial charge in [0.25, 0.3) is 0 Å². The molecule has 1 rings (SSSR count). The first kappa shape index (κ1) is 11.6. The lowest BCUT2D eigenvalue weighted by molar-refractivity contribution is 0.860. The molecule has 0 heterocycles. The molecular weight excluding hydrogens is 188 g/mol. The van der Waals surface area contributed by atoms with Crippen molar-refractivity contribution in [2.75, 3.05) is 0 Å². The van der Waals surface area contributed by atoms with Crippen LogP contribution < -0.4 is 0 Å². The average Bonchev–Trinajstić information content (AvgIpc) is 2.07. The summed E-state index contributed by atoms with van der Waals surface area (Å²) < 4.78 is 0. The maximum absolute atomic E-state index is 2.34. The van der Waals surface area contributed by atoms with Crippen molar-refractivity contribution in [3.05, 3.63) is 29.3 Å². The number of aryl methyl sites for hydroxylation is 1. The van der Waals surface area contributed by atoms with Crippen molar-refractivity contribution >= 4 is 11.8 Å². The smallest absolute Gasteiger partial charge is 0.0107 e. The van der Waals surface area contributed by atoms with E-state index in [0.29, 0.717) is 11.2 Å². The molecule has 0 nitrogen and oxygen atoms in total. The molecule has 0 aliphatic carbocycles. The lowest BCUT2D eigenvalue weighted by atomic mass is 10.0. The summed E-state index contributed by atoms with van der Waals surface area (Å²) in [6.07, 6.45) is 0. The van der Waals surface area contributed by atoms with E-state index in [9.17, 15) is 0 Å². The Labute approximate surface area is 92.1 Å². The normalized spacial score (nSPS) is 11.4. The molecule has 0 spiro atoms. The summed E-state index contributed by atoms with van der Waals surface area (Å²) in [4.78, 5) is 1.44. The van der Waals surface area contributed by atoms with Crippen molar-refractivity contribution < 1.29 is 0 Å². The first-order chi connectivity index (χ1) is 6.50. The third kappa shape index (κ3) is 3.06. The predicted molar refractivity (Wildman–Crippen MR) is 66.3 cm³/mol. The topological polar surface area (TPSA) is 0 Å². The highest BCUT2D eigenvalue weighted by Gasteiger charge is 2.05. The van der Waals surface area contributed by atoms with Crippen LogP contribution in [-0.2, 0) is 0 Å². The van der Waals surface area contributed by atoms with Gasteiger partial charge in [0.15, 0.2) is 0 Å². The molecule has 1 aromatic rings. The van der Waals surface area contributed by atoms with Gasteiger partial charge in [-0.3, -0.25) is 0 Å². The number of thioether (sulfide) groups is 1. The Morgan fingerprint density at radius 3 is 2.21 bits per heavy atom. The fourth-order valence-electron chi connectivity index (χ4n) is 1.36. The standard InChI is InChI=1S/C13H20S/c1-9(2)12-7-6-11(5)13(8-12)14-10(3)4/h6-10H,1-5H3. The third-order valence-corrected chi connectivity index (χ3v) is 3.41. The van der Waals surface area contributed by atoms with E-state index in [4.69, 9.17) is 0 Å². The highest BCUT2D eigenvalue weighted by atomic mass is 32.2. The minimum Gasteiger partial charge on any atom is -0.123 e. The van der Waals surface area contributed by atoms with E-state index in [1.165, 1.54) is 16.0 Å². The van der Waals surface area contributed by atoms with Crippen molar-refractivity contribution in [1.29, 1.82) is 0 Å². The Morgan fingerprint density at radius 2 is 1.71 bits per heavy atom. The molecule has 0 atom stereocenters. The van der Waals surface area contributed by atoms with Crippen molar-refractivity contribution in [3.8, 4) is 0 Å². The van der Waals surface area contributed by atoms with Crippen molar-refractivity contribution in [1.82, 2.24) is 0 Å². The van der Waals surface area contributed by atoms with Crippen molar-refractivity contribution in [3.63, 3.8) is 0 Å². The summed E-state index contributed by atoms with van der Waals surface area (Å²) in [6.45, 7) is 11.2. The zero-order valence-electron chi connectivity index (χ0n) is 9.79. The molecule has 0 aliphatic rings. The van der Waals surface area contributed by atoms with Crippen molar-refractivity contribution in [2.45, 2.75) is 50.7 Å². The second-order valence-electron chi connectivity index (χ2n) is 4.35. The molecule has 0 amide bonds. The van der Waals surface area contributed by atoms with Crippen LogP contribution in [0.5, 0.6) is 0 Å². The number of hydrogen-bond donors (Lipinski definition) is 0. The van der Waals surface area contributed by atoms with Crippen LogP contribution in [0.15, 0.2) is 23.1 Å². The van der Waals surface area contributed by atoms with Gasteiger partial charge in [0.2, 0.25) is 0 Å². The molecular formula is C13H20S. The van der Waals surface area contributed by atoms with E-state index < -0.39 is 0 Å². The summed E-state index contributed by atoms with van der Waals surface area (Å²) in [5, 5.41) is 0.663. The van der Waals surface area contributed by atoms with Crippen LogP contribution in [0.1, 0.15) is 44.7 Å². The van der Waals surface area contributed by atoms with E-state index in [1.54, 1.807) is 0 Å². The average molecular weight is 208 g/mol. The van der Waals surface area contributed by atoms with E-state index in [1.807, 2.05) is 11.8 Å². The molecule has 0 N–H and O–H groups in total. The quantitative estimate of drug-likeness (QED) is 0.653. The van der Waals surface area contributed by atoms with Gasteiger partial charge in [-0.25, -0.2) is 0 Å². The Bertz CT molecular complexity index is 300. The lowest BCUT2D eigenvalue weighted by Crippen LogP contribution is -1.92. The van der Waals surface area contributed by atoms with E-state index in [-0.39, 0.29) is 0 Å². The molecule has 0 saturated heterocycles. The van der Waals surface area contributed by atoms with Crippen LogP contribution in [0.2, 0.25) is 0 Å². The molecule has 1 aromatic carbocycles. The van der Waals surface area contributed by atoms with Crippen LogP contribution in [0.25, 0.3) is 0 Å². The molecule has 1 heteroatoms. The Kier molecular flexibility index (Phi) is 4.06. The Balaban J connectivity index is 2.96. The first-order valence-electron chi connectivity index (χ1n) is 5.28. The van der Waals surface area contributed by atoms with E-state index >= 15 is 0 Å². The minimum atomic E-state index is 0.627. The van der Waals surface area contributed by atoms with Gasteiger partial charge in [0.05, 0.1) is 0 Å².